The molecule has 0 aromatic rings. The molecular formula is C10H21NOS. The van der Waals surface area contributed by atoms with Gasteiger partial charge in [0.2, 0.25) is 0 Å². The third kappa shape index (κ3) is 1.88. The molecule has 0 aromatic carbocycles. The Balaban J connectivity index is 2.69. The standard InChI is InChI=1S/C10H21NOS/c1-9(2,7-11)8(12)10(13-3)5-4-6-10/h8,12H,4-7,11H2,1-3H3. The van der Waals surface area contributed by atoms with Gasteiger partial charge in [-0.15, -0.1) is 0 Å². The average Bonchev–Trinajstić information content (AvgIpc) is 2.03. The van der Waals surface area contributed by atoms with Gasteiger partial charge in [-0.25, -0.2) is 0 Å². The predicted molar refractivity (Wildman–Crippen MR) is 58.9 cm³/mol. The maximum Gasteiger partial charge on any atom is 0.0749 e. The topological polar surface area (TPSA) is 46.2 Å². The van der Waals surface area contributed by atoms with Gasteiger partial charge in [0, 0.05) is 10.2 Å². The predicted octanol–water partition coefficient (Wildman–Crippen LogP) is 1.62. The third-order valence-electron chi connectivity index (χ3n) is 3.37. The number of hydrogen-bond acceptors (Lipinski definition) is 3. The molecule has 1 aliphatic rings. The molecule has 3 N–H and O–H groups in total. The van der Waals surface area contributed by atoms with Crippen LogP contribution < -0.4 is 5.73 Å². The second-order valence-corrected chi connectivity index (χ2v) is 5.94. The van der Waals surface area contributed by atoms with Crippen molar-refractivity contribution in [1.29, 1.82) is 0 Å². The second-order valence-electron chi connectivity index (χ2n) is 4.72. The van der Waals surface area contributed by atoms with Crippen molar-refractivity contribution in [3.8, 4) is 0 Å². The Morgan fingerprint density at radius 3 is 2.31 bits per heavy atom. The molecule has 1 atom stereocenters. The zero-order valence-electron chi connectivity index (χ0n) is 8.84. The maximum atomic E-state index is 10.2. The van der Waals surface area contributed by atoms with Crippen LogP contribution in [0.1, 0.15) is 33.1 Å². The summed E-state index contributed by atoms with van der Waals surface area (Å²) in [5, 5.41) is 10.2. The lowest BCUT2D eigenvalue weighted by Gasteiger charge is -2.49. The van der Waals surface area contributed by atoms with E-state index in [0.29, 0.717) is 6.54 Å². The molecule has 0 aliphatic heterocycles. The van der Waals surface area contributed by atoms with Gasteiger partial charge in [0.1, 0.15) is 0 Å². The van der Waals surface area contributed by atoms with Crippen LogP contribution in [0.2, 0.25) is 0 Å². The molecule has 1 fully saturated rings. The van der Waals surface area contributed by atoms with E-state index in [0.717, 1.165) is 12.8 Å². The summed E-state index contributed by atoms with van der Waals surface area (Å²) in [5.74, 6) is 0. The summed E-state index contributed by atoms with van der Waals surface area (Å²) in [5.41, 5.74) is 5.52. The first-order valence-electron chi connectivity index (χ1n) is 4.92. The number of nitrogens with two attached hydrogens (primary N) is 1. The van der Waals surface area contributed by atoms with Crippen LogP contribution in [0.15, 0.2) is 0 Å². The van der Waals surface area contributed by atoms with Crippen LogP contribution >= 0.6 is 11.8 Å². The highest BCUT2D eigenvalue weighted by Crippen LogP contribution is 2.49. The van der Waals surface area contributed by atoms with Gasteiger partial charge in [0.25, 0.3) is 0 Å². The van der Waals surface area contributed by atoms with E-state index in [2.05, 4.69) is 6.26 Å². The van der Waals surface area contributed by atoms with E-state index in [9.17, 15) is 5.11 Å². The molecule has 1 aliphatic carbocycles. The molecule has 0 heterocycles. The van der Waals surface area contributed by atoms with Crippen molar-refractivity contribution in [3.63, 3.8) is 0 Å². The lowest BCUT2D eigenvalue weighted by Crippen LogP contribution is -2.54. The Morgan fingerprint density at radius 1 is 1.54 bits per heavy atom. The van der Waals surface area contributed by atoms with E-state index in [1.807, 2.05) is 13.8 Å². The van der Waals surface area contributed by atoms with E-state index in [1.165, 1.54) is 6.42 Å². The van der Waals surface area contributed by atoms with Gasteiger partial charge < -0.3 is 10.8 Å². The minimum atomic E-state index is -0.270. The molecule has 1 rings (SSSR count). The highest BCUT2D eigenvalue weighted by Gasteiger charge is 2.48. The summed E-state index contributed by atoms with van der Waals surface area (Å²) in [7, 11) is 0. The Bertz CT molecular complexity index is 172. The van der Waals surface area contributed by atoms with Gasteiger partial charge in [-0.05, 0) is 25.6 Å². The number of rotatable bonds is 4. The molecular weight excluding hydrogens is 182 g/mol. The first kappa shape index (κ1) is 11.3. The number of hydrogen-bond donors (Lipinski definition) is 2. The Labute approximate surface area is 85.3 Å². The van der Waals surface area contributed by atoms with Crippen LogP contribution in [0.3, 0.4) is 0 Å². The zero-order chi connectivity index (χ0) is 10.1. The van der Waals surface area contributed by atoms with Crippen molar-refractivity contribution in [3.05, 3.63) is 0 Å². The van der Waals surface area contributed by atoms with Crippen LogP contribution in [0.25, 0.3) is 0 Å². The molecule has 1 unspecified atom stereocenters. The summed E-state index contributed by atoms with van der Waals surface area (Å²) in [6.07, 6.45) is 5.35. The molecule has 0 radical (unpaired) electrons. The lowest BCUT2D eigenvalue weighted by atomic mass is 9.70. The van der Waals surface area contributed by atoms with Crippen molar-refractivity contribution < 1.29 is 5.11 Å². The van der Waals surface area contributed by atoms with E-state index >= 15 is 0 Å². The highest BCUT2D eigenvalue weighted by molar-refractivity contribution is 8.00. The van der Waals surface area contributed by atoms with Gasteiger partial charge in [-0.1, -0.05) is 20.3 Å². The van der Waals surface area contributed by atoms with Crippen LogP contribution in [-0.4, -0.2) is 28.8 Å². The Kier molecular flexibility index (Phi) is 3.31. The van der Waals surface area contributed by atoms with E-state index in [-0.39, 0.29) is 16.3 Å². The van der Waals surface area contributed by atoms with Crippen molar-refractivity contribution in [1.82, 2.24) is 0 Å². The average molecular weight is 203 g/mol. The molecule has 3 heteroatoms. The smallest absolute Gasteiger partial charge is 0.0749 e. The van der Waals surface area contributed by atoms with Crippen LogP contribution in [0.5, 0.6) is 0 Å². The van der Waals surface area contributed by atoms with Crippen LogP contribution in [0.4, 0.5) is 0 Å². The SMILES string of the molecule is CSC1(C(O)C(C)(C)CN)CCC1. The molecule has 0 saturated heterocycles. The van der Waals surface area contributed by atoms with Crippen molar-refractivity contribution in [2.24, 2.45) is 11.1 Å². The molecule has 0 spiro atoms. The minimum absolute atomic E-state index is 0.100. The summed E-state index contributed by atoms with van der Waals surface area (Å²) in [6.45, 7) is 4.65. The quantitative estimate of drug-likeness (QED) is 0.730. The number of aliphatic hydroxyl groups excluding tert-OH is 1. The summed E-state index contributed by atoms with van der Waals surface area (Å²) in [4.78, 5) is 0. The molecule has 0 aromatic heterocycles. The molecule has 1 saturated carbocycles. The fourth-order valence-corrected chi connectivity index (χ4v) is 3.18. The fourth-order valence-electron chi connectivity index (χ4n) is 1.94. The number of thioether (sulfide) groups is 1. The van der Waals surface area contributed by atoms with Crippen molar-refractivity contribution >= 4 is 11.8 Å². The van der Waals surface area contributed by atoms with Gasteiger partial charge in [-0.3, -0.25) is 0 Å². The molecule has 2 nitrogen and oxygen atoms in total. The lowest BCUT2D eigenvalue weighted by molar-refractivity contribution is -0.00343. The Morgan fingerprint density at radius 2 is 2.08 bits per heavy atom. The summed E-state index contributed by atoms with van der Waals surface area (Å²) in [6, 6.07) is 0. The highest BCUT2D eigenvalue weighted by atomic mass is 32.2. The normalized spacial score (nSPS) is 23.8. The van der Waals surface area contributed by atoms with E-state index in [4.69, 9.17) is 5.73 Å². The van der Waals surface area contributed by atoms with E-state index < -0.39 is 0 Å². The molecule has 0 bridgehead atoms. The van der Waals surface area contributed by atoms with Crippen LogP contribution in [-0.2, 0) is 0 Å². The third-order valence-corrected chi connectivity index (χ3v) is 4.82. The van der Waals surface area contributed by atoms with Crippen molar-refractivity contribution in [2.45, 2.75) is 44.0 Å². The molecule has 13 heavy (non-hydrogen) atoms. The largest absolute Gasteiger partial charge is 0.391 e. The first-order chi connectivity index (χ1) is 5.98. The minimum Gasteiger partial charge on any atom is -0.391 e. The van der Waals surface area contributed by atoms with Gasteiger partial charge >= 0.3 is 0 Å². The number of aliphatic hydroxyl groups is 1. The molecule has 78 valence electrons. The summed E-state index contributed by atoms with van der Waals surface area (Å²) >= 11 is 1.80. The van der Waals surface area contributed by atoms with Gasteiger partial charge in [0.15, 0.2) is 0 Å². The van der Waals surface area contributed by atoms with E-state index in [1.54, 1.807) is 11.8 Å². The molecule has 0 amide bonds. The zero-order valence-corrected chi connectivity index (χ0v) is 9.66. The second kappa shape index (κ2) is 3.79. The van der Waals surface area contributed by atoms with Crippen LogP contribution in [0, 0.1) is 5.41 Å². The summed E-state index contributed by atoms with van der Waals surface area (Å²) < 4.78 is 0.100. The van der Waals surface area contributed by atoms with Crippen molar-refractivity contribution in [2.75, 3.05) is 12.8 Å². The van der Waals surface area contributed by atoms with Gasteiger partial charge in [-0.2, -0.15) is 11.8 Å². The monoisotopic (exact) mass is 203 g/mol. The van der Waals surface area contributed by atoms with Gasteiger partial charge in [0.05, 0.1) is 6.10 Å². The fraction of sp³-hybridized carbons (Fsp3) is 1.00. The Hall–Kier alpha value is 0.270. The first-order valence-corrected chi connectivity index (χ1v) is 6.14. The maximum absolute atomic E-state index is 10.2.